The molecule has 0 fully saturated rings. The van der Waals surface area contributed by atoms with E-state index >= 15 is 0 Å². The summed E-state index contributed by atoms with van der Waals surface area (Å²) in [5, 5.41) is 4.14. The van der Waals surface area contributed by atoms with Crippen LogP contribution in [0.3, 0.4) is 0 Å². The van der Waals surface area contributed by atoms with Crippen molar-refractivity contribution in [2.75, 3.05) is 0 Å². The van der Waals surface area contributed by atoms with Gasteiger partial charge in [-0.15, -0.1) is 0 Å². The second-order valence-electron chi connectivity index (χ2n) is 4.44. The molecule has 88 valence electrons. The summed E-state index contributed by atoms with van der Waals surface area (Å²) in [6, 6.07) is 4.26. The van der Waals surface area contributed by atoms with E-state index in [1.165, 1.54) is 16.7 Å². The van der Waals surface area contributed by atoms with Gasteiger partial charge < -0.3 is 0 Å². The van der Waals surface area contributed by atoms with Crippen molar-refractivity contribution in [3.8, 4) is 11.3 Å². The number of aryl methyl sites for hydroxylation is 4. The molecule has 0 saturated carbocycles. The molecule has 0 saturated heterocycles. The summed E-state index contributed by atoms with van der Waals surface area (Å²) < 4.78 is 1.75. The molecule has 0 radical (unpaired) electrons. The van der Waals surface area contributed by atoms with E-state index in [2.05, 4.69) is 38.0 Å². The number of hydrogen-bond acceptors (Lipinski definition) is 2. The highest BCUT2D eigenvalue weighted by Crippen LogP contribution is 2.28. The Morgan fingerprint density at radius 3 is 2.41 bits per heavy atom. The number of aldehydes is 1. The molecule has 17 heavy (non-hydrogen) atoms. The van der Waals surface area contributed by atoms with Crippen molar-refractivity contribution in [1.29, 1.82) is 0 Å². The maximum atomic E-state index is 11.0. The van der Waals surface area contributed by atoms with E-state index in [4.69, 9.17) is 0 Å². The van der Waals surface area contributed by atoms with Crippen LogP contribution < -0.4 is 0 Å². The fourth-order valence-corrected chi connectivity index (χ4v) is 2.09. The van der Waals surface area contributed by atoms with Crippen LogP contribution in [0, 0.1) is 20.8 Å². The van der Waals surface area contributed by atoms with Gasteiger partial charge in [0.2, 0.25) is 0 Å². The first-order chi connectivity index (χ1) is 8.04. The predicted octanol–water partition coefficient (Wildman–Crippen LogP) is 2.82. The third kappa shape index (κ3) is 1.88. The fraction of sp³-hybridized carbons (Fsp3) is 0.286. The van der Waals surface area contributed by atoms with E-state index in [9.17, 15) is 4.79 Å². The lowest BCUT2D eigenvalue weighted by atomic mass is 9.97. The van der Waals surface area contributed by atoms with Crippen LogP contribution in [-0.2, 0) is 7.05 Å². The van der Waals surface area contributed by atoms with E-state index in [0.717, 1.165) is 17.5 Å². The van der Waals surface area contributed by atoms with Crippen LogP contribution in [0.1, 0.15) is 27.0 Å². The number of benzene rings is 1. The van der Waals surface area contributed by atoms with Gasteiger partial charge >= 0.3 is 0 Å². The molecule has 0 spiro atoms. The van der Waals surface area contributed by atoms with E-state index in [0.29, 0.717) is 5.56 Å². The summed E-state index contributed by atoms with van der Waals surface area (Å²) in [6.45, 7) is 6.23. The Balaban J connectivity index is 2.72. The minimum Gasteiger partial charge on any atom is -0.298 e. The average Bonchev–Trinajstić information content (AvgIpc) is 2.65. The van der Waals surface area contributed by atoms with Gasteiger partial charge in [-0.2, -0.15) is 5.10 Å². The minimum absolute atomic E-state index is 0.638. The molecule has 3 heteroatoms. The number of nitrogens with zero attached hydrogens (tertiary/aromatic N) is 2. The van der Waals surface area contributed by atoms with Crippen LogP contribution in [0.5, 0.6) is 0 Å². The number of carbonyl (C=O) groups excluding carboxylic acids is 1. The van der Waals surface area contributed by atoms with Gasteiger partial charge in [0, 0.05) is 12.6 Å². The Morgan fingerprint density at radius 1 is 1.12 bits per heavy atom. The molecule has 0 aliphatic carbocycles. The van der Waals surface area contributed by atoms with Crippen LogP contribution in [0.25, 0.3) is 11.3 Å². The quantitative estimate of drug-likeness (QED) is 0.741. The molecule has 1 aromatic heterocycles. The van der Waals surface area contributed by atoms with E-state index < -0.39 is 0 Å². The Kier molecular flexibility index (Phi) is 2.84. The highest BCUT2D eigenvalue weighted by Gasteiger charge is 2.13. The molecule has 0 unspecified atom stereocenters. The molecule has 0 amide bonds. The van der Waals surface area contributed by atoms with E-state index in [-0.39, 0.29) is 0 Å². The molecular formula is C14H16N2O. The third-order valence-electron chi connectivity index (χ3n) is 3.19. The van der Waals surface area contributed by atoms with Gasteiger partial charge in [0.1, 0.15) is 0 Å². The van der Waals surface area contributed by atoms with Crippen molar-refractivity contribution in [2.45, 2.75) is 20.8 Å². The zero-order chi connectivity index (χ0) is 12.6. The lowest BCUT2D eigenvalue weighted by Crippen LogP contribution is -1.98. The molecule has 0 N–H and O–H groups in total. The SMILES string of the molecule is Cc1cc(C)c(-c2c(C=O)cnn2C)cc1C. The molecule has 0 atom stereocenters. The van der Waals surface area contributed by atoms with Crippen LogP contribution in [0.15, 0.2) is 18.3 Å². The van der Waals surface area contributed by atoms with Gasteiger partial charge in [0.25, 0.3) is 0 Å². The predicted molar refractivity (Wildman–Crippen MR) is 68.2 cm³/mol. The molecule has 3 nitrogen and oxygen atoms in total. The number of carbonyl (C=O) groups is 1. The second kappa shape index (κ2) is 4.17. The van der Waals surface area contributed by atoms with Gasteiger partial charge in [-0.1, -0.05) is 6.07 Å². The topological polar surface area (TPSA) is 34.9 Å². The highest BCUT2D eigenvalue weighted by atomic mass is 16.1. The number of rotatable bonds is 2. The average molecular weight is 228 g/mol. The molecule has 2 rings (SSSR count). The highest BCUT2D eigenvalue weighted by molar-refractivity contribution is 5.86. The van der Waals surface area contributed by atoms with Crippen LogP contribution in [0.4, 0.5) is 0 Å². The Labute approximate surface area is 101 Å². The summed E-state index contributed by atoms with van der Waals surface area (Å²) in [7, 11) is 1.86. The molecule has 0 aliphatic heterocycles. The number of aromatic nitrogens is 2. The second-order valence-corrected chi connectivity index (χ2v) is 4.44. The van der Waals surface area contributed by atoms with Crippen molar-refractivity contribution < 1.29 is 4.79 Å². The molecule has 1 aromatic carbocycles. The summed E-state index contributed by atoms with van der Waals surface area (Å²) in [4.78, 5) is 11.0. The van der Waals surface area contributed by atoms with E-state index in [1.54, 1.807) is 10.9 Å². The Bertz CT molecular complexity index is 582. The Hall–Kier alpha value is -1.90. The van der Waals surface area contributed by atoms with Gasteiger partial charge in [0.15, 0.2) is 6.29 Å². The normalized spacial score (nSPS) is 10.6. The van der Waals surface area contributed by atoms with Crippen LogP contribution in [-0.4, -0.2) is 16.1 Å². The molecule has 2 aromatic rings. The van der Waals surface area contributed by atoms with Gasteiger partial charge in [-0.05, 0) is 43.5 Å². The molecule has 0 aliphatic rings. The van der Waals surface area contributed by atoms with Crippen LogP contribution >= 0.6 is 0 Å². The number of hydrogen-bond donors (Lipinski definition) is 0. The van der Waals surface area contributed by atoms with E-state index in [1.807, 2.05) is 7.05 Å². The maximum Gasteiger partial charge on any atom is 0.153 e. The lowest BCUT2D eigenvalue weighted by Gasteiger charge is -2.11. The maximum absolute atomic E-state index is 11.0. The van der Waals surface area contributed by atoms with Gasteiger partial charge in [-0.25, -0.2) is 0 Å². The summed E-state index contributed by atoms with van der Waals surface area (Å²) >= 11 is 0. The first kappa shape index (κ1) is 11.6. The lowest BCUT2D eigenvalue weighted by molar-refractivity contribution is 0.112. The molecule has 1 heterocycles. The van der Waals surface area contributed by atoms with Crippen molar-refractivity contribution in [3.05, 3.63) is 40.6 Å². The zero-order valence-electron chi connectivity index (χ0n) is 10.6. The molecule has 0 bridgehead atoms. The van der Waals surface area contributed by atoms with Crippen molar-refractivity contribution in [1.82, 2.24) is 9.78 Å². The van der Waals surface area contributed by atoms with Crippen molar-refractivity contribution >= 4 is 6.29 Å². The fourth-order valence-electron chi connectivity index (χ4n) is 2.09. The summed E-state index contributed by atoms with van der Waals surface area (Å²) in [6.07, 6.45) is 2.47. The Morgan fingerprint density at radius 2 is 1.76 bits per heavy atom. The largest absolute Gasteiger partial charge is 0.298 e. The monoisotopic (exact) mass is 228 g/mol. The summed E-state index contributed by atoms with van der Waals surface area (Å²) in [5.74, 6) is 0. The zero-order valence-corrected chi connectivity index (χ0v) is 10.6. The summed E-state index contributed by atoms with van der Waals surface area (Å²) in [5.41, 5.74) is 6.26. The van der Waals surface area contributed by atoms with Crippen LogP contribution in [0.2, 0.25) is 0 Å². The molecular weight excluding hydrogens is 212 g/mol. The van der Waals surface area contributed by atoms with Crippen molar-refractivity contribution in [3.63, 3.8) is 0 Å². The third-order valence-corrected chi connectivity index (χ3v) is 3.19. The smallest absolute Gasteiger partial charge is 0.153 e. The standard InChI is InChI=1S/C14H16N2O/c1-9-5-11(3)13(6-10(9)2)14-12(8-17)7-15-16(14)4/h5-8H,1-4H3. The first-order valence-electron chi connectivity index (χ1n) is 5.60. The first-order valence-corrected chi connectivity index (χ1v) is 5.60. The van der Waals surface area contributed by atoms with Crippen molar-refractivity contribution in [2.24, 2.45) is 7.05 Å². The van der Waals surface area contributed by atoms with Gasteiger partial charge in [0.05, 0.1) is 17.5 Å². The van der Waals surface area contributed by atoms with Gasteiger partial charge in [-0.3, -0.25) is 9.48 Å². The minimum atomic E-state index is 0.638.